The quantitative estimate of drug-likeness (QED) is 0.771. The van der Waals surface area contributed by atoms with Gasteiger partial charge in [0.2, 0.25) is 0 Å². The Morgan fingerprint density at radius 1 is 1.13 bits per heavy atom. The maximum absolute atomic E-state index is 13.2. The smallest absolute Gasteiger partial charge is 0.326 e. The zero-order chi connectivity index (χ0) is 22.3. The number of anilines is 1. The Hall–Kier alpha value is -3.84. The van der Waals surface area contributed by atoms with Crippen molar-refractivity contribution in [2.45, 2.75) is 12.2 Å². The number of amides is 3. The molecule has 0 saturated heterocycles. The third kappa shape index (κ3) is 3.71. The number of alkyl halides is 3. The molecule has 2 N–H and O–H groups in total. The molecule has 0 radical (unpaired) electrons. The molecule has 7 nitrogen and oxygen atoms in total. The largest absolute Gasteiger partial charge is 0.416 e. The van der Waals surface area contributed by atoms with Crippen molar-refractivity contribution in [1.82, 2.24) is 15.8 Å². The molecule has 0 aliphatic carbocycles. The predicted octanol–water partition coefficient (Wildman–Crippen LogP) is 3.08. The summed E-state index contributed by atoms with van der Waals surface area (Å²) >= 11 is 0. The second kappa shape index (κ2) is 7.45. The van der Waals surface area contributed by atoms with Gasteiger partial charge in [-0.2, -0.15) is 18.4 Å². The number of halogens is 3. The summed E-state index contributed by atoms with van der Waals surface area (Å²) in [6, 6.07) is 11.3. The van der Waals surface area contributed by atoms with E-state index in [0.717, 1.165) is 17.0 Å². The molecule has 2 aliphatic heterocycles. The molecule has 0 unspecified atom stereocenters. The molecular formula is C21H16F3N5O2. The van der Waals surface area contributed by atoms with Crippen LogP contribution in [0.2, 0.25) is 0 Å². The summed E-state index contributed by atoms with van der Waals surface area (Å²) < 4.78 is 39.6. The fraction of sp³-hybridized carbons (Fsp3) is 0.190. The number of hydrogen-bond acceptors (Lipinski definition) is 4. The third-order valence-corrected chi connectivity index (χ3v) is 5.07. The molecule has 158 valence electrons. The van der Waals surface area contributed by atoms with E-state index in [4.69, 9.17) is 5.26 Å². The molecule has 0 fully saturated rings. The number of nitrogens with zero attached hydrogens (tertiary/aromatic N) is 3. The van der Waals surface area contributed by atoms with Crippen LogP contribution in [0.1, 0.15) is 22.7 Å². The molecular weight excluding hydrogens is 411 g/mol. The van der Waals surface area contributed by atoms with Crippen molar-refractivity contribution in [3.8, 4) is 6.07 Å². The molecule has 2 aromatic rings. The van der Waals surface area contributed by atoms with Gasteiger partial charge in [0, 0.05) is 7.05 Å². The van der Waals surface area contributed by atoms with E-state index in [1.807, 2.05) is 6.07 Å². The number of hydrazine groups is 1. The lowest BCUT2D eigenvalue weighted by atomic mass is 9.92. The lowest BCUT2D eigenvalue weighted by Crippen LogP contribution is -2.57. The molecule has 4 rings (SSSR count). The van der Waals surface area contributed by atoms with Crippen molar-refractivity contribution in [3.05, 3.63) is 76.5 Å². The van der Waals surface area contributed by atoms with Crippen molar-refractivity contribution in [1.29, 1.82) is 5.26 Å². The zero-order valence-corrected chi connectivity index (χ0v) is 16.2. The molecule has 1 atom stereocenters. The average molecular weight is 427 g/mol. The van der Waals surface area contributed by atoms with Crippen LogP contribution >= 0.6 is 0 Å². The van der Waals surface area contributed by atoms with Crippen molar-refractivity contribution in [2.75, 3.05) is 18.5 Å². The maximum Gasteiger partial charge on any atom is 0.416 e. The van der Waals surface area contributed by atoms with Crippen molar-refractivity contribution >= 4 is 17.6 Å². The summed E-state index contributed by atoms with van der Waals surface area (Å²) in [5, 5.41) is 13.2. The van der Waals surface area contributed by atoms with E-state index in [0.29, 0.717) is 11.1 Å². The number of likely N-dealkylation sites (N-methyl/N-ethyl adjacent to an activating group) is 1. The summed E-state index contributed by atoms with van der Waals surface area (Å²) in [5.41, 5.74) is 3.24. The second-order valence-electron chi connectivity index (χ2n) is 7.16. The molecule has 3 amide bonds. The van der Waals surface area contributed by atoms with Crippen LogP contribution in [0.3, 0.4) is 0 Å². The van der Waals surface area contributed by atoms with Gasteiger partial charge in [-0.25, -0.2) is 9.80 Å². The maximum atomic E-state index is 13.2. The Kier molecular flexibility index (Phi) is 4.91. The number of nitrogens with one attached hydrogen (secondary N) is 2. The summed E-state index contributed by atoms with van der Waals surface area (Å²) in [5.74, 6) is -0.477. The molecule has 2 aliphatic rings. The van der Waals surface area contributed by atoms with E-state index >= 15 is 0 Å². The Morgan fingerprint density at radius 3 is 2.48 bits per heavy atom. The number of carbonyl (C=O) groups is 2. The number of benzene rings is 2. The van der Waals surface area contributed by atoms with Gasteiger partial charge < -0.3 is 5.32 Å². The number of urea groups is 1. The third-order valence-electron chi connectivity index (χ3n) is 5.07. The highest BCUT2D eigenvalue weighted by molar-refractivity contribution is 6.05. The molecule has 10 heteroatoms. The highest BCUT2D eigenvalue weighted by atomic mass is 19.4. The first-order chi connectivity index (χ1) is 14.7. The first kappa shape index (κ1) is 20.4. The van der Waals surface area contributed by atoms with Crippen LogP contribution in [0.5, 0.6) is 0 Å². The van der Waals surface area contributed by atoms with Gasteiger partial charge in [-0.3, -0.25) is 15.1 Å². The van der Waals surface area contributed by atoms with Crippen LogP contribution in [0, 0.1) is 11.3 Å². The van der Waals surface area contributed by atoms with Crippen LogP contribution in [0.15, 0.2) is 59.8 Å². The Morgan fingerprint density at radius 2 is 1.84 bits per heavy atom. The first-order valence-corrected chi connectivity index (χ1v) is 9.22. The monoisotopic (exact) mass is 427 g/mol. The van der Waals surface area contributed by atoms with Gasteiger partial charge in [0.15, 0.2) is 0 Å². The van der Waals surface area contributed by atoms with E-state index in [-0.39, 0.29) is 23.5 Å². The molecule has 31 heavy (non-hydrogen) atoms. The van der Waals surface area contributed by atoms with Crippen LogP contribution in [0.4, 0.5) is 23.7 Å². The fourth-order valence-corrected chi connectivity index (χ4v) is 3.68. The molecule has 2 heterocycles. The van der Waals surface area contributed by atoms with Gasteiger partial charge in [-0.05, 0) is 35.9 Å². The van der Waals surface area contributed by atoms with Gasteiger partial charge in [0.1, 0.15) is 0 Å². The lowest BCUT2D eigenvalue weighted by molar-refractivity contribution is -0.137. The van der Waals surface area contributed by atoms with E-state index in [1.165, 1.54) is 17.1 Å². The SMILES string of the molecule is CN1CC2=C(C(=O)N1)[C@@H](c1ccc(C#N)cc1)NC(=O)N2c1cccc(C(F)(F)F)c1. The topological polar surface area (TPSA) is 88.5 Å². The Bertz CT molecular complexity index is 1130. The number of nitriles is 1. The fourth-order valence-electron chi connectivity index (χ4n) is 3.68. The molecule has 0 spiro atoms. The molecule has 2 aromatic carbocycles. The summed E-state index contributed by atoms with van der Waals surface area (Å²) in [6.45, 7) is 0.109. The van der Waals surface area contributed by atoms with Crippen LogP contribution in [-0.4, -0.2) is 30.5 Å². The number of carbonyl (C=O) groups excluding carboxylic acids is 2. The van der Waals surface area contributed by atoms with E-state index in [9.17, 15) is 22.8 Å². The van der Waals surface area contributed by atoms with E-state index < -0.39 is 29.7 Å². The van der Waals surface area contributed by atoms with Crippen molar-refractivity contribution in [2.24, 2.45) is 0 Å². The van der Waals surface area contributed by atoms with Gasteiger partial charge in [0.05, 0.1) is 46.7 Å². The van der Waals surface area contributed by atoms with Crippen molar-refractivity contribution < 1.29 is 22.8 Å². The molecule has 0 saturated carbocycles. The summed E-state index contributed by atoms with van der Waals surface area (Å²) in [6.07, 6.45) is -4.58. The molecule has 0 bridgehead atoms. The summed E-state index contributed by atoms with van der Waals surface area (Å²) in [7, 11) is 1.59. The second-order valence-corrected chi connectivity index (χ2v) is 7.16. The van der Waals surface area contributed by atoms with Crippen LogP contribution in [0.25, 0.3) is 0 Å². The first-order valence-electron chi connectivity index (χ1n) is 9.22. The van der Waals surface area contributed by atoms with Crippen LogP contribution in [-0.2, 0) is 11.0 Å². The zero-order valence-electron chi connectivity index (χ0n) is 16.2. The van der Waals surface area contributed by atoms with E-state index in [1.54, 1.807) is 31.3 Å². The highest BCUT2D eigenvalue weighted by Gasteiger charge is 2.41. The van der Waals surface area contributed by atoms with E-state index in [2.05, 4.69) is 10.7 Å². The Balaban J connectivity index is 1.85. The van der Waals surface area contributed by atoms with Crippen LogP contribution < -0.4 is 15.6 Å². The minimum atomic E-state index is -4.58. The number of rotatable bonds is 2. The van der Waals surface area contributed by atoms with Gasteiger partial charge >= 0.3 is 12.2 Å². The van der Waals surface area contributed by atoms with Gasteiger partial charge in [-0.1, -0.05) is 18.2 Å². The Labute approximate surface area is 175 Å². The standard InChI is InChI=1S/C21H16F3N5O2/c1-28-11-16-17(19(30)27-28)18(13-7-5-12(10-25)6-8-13)26-20(31)29(16)15-4-2-3-14(9-15)21(22,23)24/h2-9,18H,11H2,1H3,(H,26,31)(H,27,30)/t18-/m1/s1. The molecule has 0 aromatic heterocycles. The number of hydrogen-bond donors (Lipinski definition) is 2. The lowest BCUT2D eigenvalue weighted by Gasteiger charge is -2.41. The summed E-state index contributed by atoms with van der Waals surface area (Å²) in [4.78, 5) is 27.0. The minimum Gasteiger partial charge on any atom is -0.326 e. The highest BCUT2D eigenvalue weighted by Crippen LogP contribution is 2.37. The predicted molar refractivity (Wildman–Crippen MR) is 104 cm³/mol. The normalized spacial score (nSPS) is 19.5. The minimum absolute atomic E-state index is 0.00111. The van der Waals surface area contributed by atoms with Gasteiger partial charge in [0.25, 0.3) is 5.91 Å². The average Bonchev–Trinajstić information content (AvgIpc) is 2.72. The van der Waals surface area contributed by atoms with Gasteiger partial charge in [-0.15, -0.1) is 0 Å². The van der Waals surface area contributed by atoms with Crippen molar-refractivity contribution in [3.63, 3.8) is 0 Å².